The van der Waals surface area contributed by atoms with Crippen LogP contribution in [-0.2, 0) is 10.3 Å². The van der Waals surface area contributed by atoms with E-state index in [1.807, 2.05) is 6.33 Å². The SMILES string of the molecule is O=C(N1CC[C@]2(CCCNC2)C1)C12C[C@H]3C[C@@H](C1)CC(n1cncn1)(C3)C2. The van der Waals surface area contributed by atoms with Crippen molar-refractivity contribution in [1.82, 2.24) is 25.0 Å². The van der Waals surface area contributed by atoms with Crippen LogP contribution in [0.2, 0.25) is 0 Å². The highest BCUT2D eigenvalue weighted by Gasteiger charge is 2.63. The number of aromatic nitrogens is 3. The summed E-state index contributed by atoms with van der Waals surface area (Å²) < 4.78 is 2.11. The van der Waals surface area contributed by atoms with Crippen molar-refractivity contribution in [2.75, 3.05) is 26.2 Å². The highest BCUT2D eigenvalue weighted by Crippen LogP contribution is 2.64. The van der Waals surface area contributed by atoms with Crippen molar-refractivity contribution in [2.45, 2.75) is 63.3 Å². The molecule has 5 atom stereocenters. The molecule has 4 saturated carbocycles. The van der Waals surface area contributed by atoms with Crippen LogP contribution in [0, 0.1) is 22.7 Å². The van der Waals surface area contributed by atoms with E-state index < -0.39 is 0 Å². The number of likely N-dealkylation sites (tertiary alicyclic amines) is 1. The fraction of sp³-hybridized carbons (Fsp3) is 0.857. The Morgan fingerprint density at radius 2 is 2.00 bits per heavy atom. The van der Waals surface area contributed by atoms with E-state index in [0.717, 1.165) is 45.4 Å². The Labute approximate surface area is 161 Å². The van der Waals surface area contributed by atoms with Gasteiger partial charge in [-0.15, -0.1) is 0 Å². The molecule has 27 heavy (non-hydrogen) atoms. The monoisotopic (exact) mass is 369 g/mol. The summed E-state index contributed by atoms with van der Waals surface area (Å²) >= 11 is 0. The van der Waals surface area contributed by atoms with E-state index in [1.165, 1.54) is 38.5 Å². The number of carbonyl (C=O) groups is 1. The van der Waals surface area contributed by atoms with Gasteiger partial charge in [-0.25, -0.2) is 9.67 Å². The second-order valence-corrected chi connectivity index (χ2v) is 10.6. The summed E-state index contributed by atoms with van der Waals surface area (Å²) in [4.78, 5) is 20.4. The molecule has 6 heteroatoms. The lowest BCUT2D eigenvalue weighted by molar-refractivity contribution is -0.166. The average molecular weight is 370 g/mol. The molecule has 2 unspecified atom stereocenters. The normalized spacial score (nSPS) is 45.7. The molecule has 1 aromatic rings. The molecule has 6 nitrogen and oxygen atoms in total. The Bertz CT molecular complexity index is 724. The molecule has 7 rings (SSSR count). The predicted molar refractivity (Wildman–Crippen MR) is 101 cm³/mol. The molecule has 0 radical (unpaired) electrons. The summed E-state index contributed by atoms with van der Waals surface area (Å²) in [6.45, 7) is 4.18. The van der Waals surface area contributed by atoms with Crippen LogP contribution in [0.5, 0.6) is 0 Å². The van der Waals surface area contributed by atoms with Gasteiger partial charge in [0.05, 0.1) is 11.0 Å². The Morgan fingerprint density at radius 1 is 1.15 bits per heavy atom. The zero-order chi connectivity index (χ0) is 18.1. The van der Waals surface area contributed by atoms with Crippen molar-refractivity contribution in [3.05, 3.63) is 12.7 Å². The fourth-order valence-electron chi connectivity index (χ4n) is 8.01. The molecule has 146 valence electrons. The maximum atomic E-state index is 13.9. The van der Waals surface area contributed by atoms with Crippen molar-refractivity contribution < 1.29 is 4.79 Å². The molecule has 1 amide bonds. The van der Waals surface area contributed by atoms with Crippen molar-refractivity contribution in [3.63, 3.8) is 0 Å². The van der Waals surface area contributed by atoms with Crippen LogP contribution in [0.1, 0.15) is 57.8 Å². The third kappa shape index (κ3) is 2.38. The molecule has 0 aromatic carbocycles. The number of amides is 1. The molecule has 1 spiro atoms. The van der Waals surface area contributed by atoms with Crippen molar-refractivity contribution in [2.24, 2.45) is 22.7 Å². The number of hydrogen-bond donors (Lipinski definition) is 1. The Balaban J connectivity index is 1.29. The summed E-state index contributed by atoms with van der Waals surface area (Å²) in [6, 6.07) is 0. The van der Waals surface area contributed by atoms with Crippen LogP contribution in [0.25, 0.3) is 0 Å². The molecule has 2 aliphatic heterocycles. The standard InChI is InChI=1S/C21H31N5O/c27-18(25-5-3-19(13-25)2-1-4-22-12-19)20-7-16-6-17(8-20)10-21(9-16,11-20)26-15-23-14-24-26/h14-17,22H,1-13H2/t16-,17+,19-,20?,21?/m0/s1. The van der Waals surface area contributed by atoms with Gasteiger partial charge in [0.15, 0.2) is 0 Å². The third-order valence-electron chi connectivity index (χ3n) is 8.67. The zero-order valence-electron chi connectivity index (χ0n) is 16.2. The first kappa shape index (κ1) is 16.5. The van der Waals surface area contributed by atoms with Gasteiger partial charge in [0.1, 0.15) is 12.7 Å². The fourth-order valence-corrected chi connectivity index (χ4v) is 8.01. The summed E-state index contributed by atoms with van der Waals surface area (Å²) in [5.41, 5.74) is 0.253. The van der Waals surface area contributed by atoms with E-state index in [1.54, 1.807) is 6.33 Å². The topological polar surface area (TPSA) is 63.1 Å². The van der Waals surface area contributed by atoms with Crippen molar-refractivity contribution in [1.29, 1.82) is 0 Å². The first-order valence-corrected chi connectivity index (χ1v) is 11.0. The lowest BCUT2D eigenvalue weighted by Gasteiger charge is -2.61. The minimum atomic E-state index is -0.135. The molecular weight excluding hydrogens is 338 g/mol. The predicted octanol–water partition coefficient (Wildman–Crippen LogP) is 2.18. The van der Waals surface area contributed by atoms with Crippen LogP contribution in [0.3, 0.4) is 0 Å². The second-order valence-electron chi connectivity index (χ2n) is 10.6. The van der Waals surface area contributed by atoms with E-state index in [9.17, 15) is 4.79 Å². The lowest BCUT2D eigenvalue weighted by Crippen LogP contribution is -2.61. The van der Waals surface area contributed by atoms with Gasteiger partial charge in [-0.3, -0.25) is 4.79 Å². The Kier molecular flexibility index (Phi) is 3.40. The van der Waals surface area contributed by atoms with Gasteiger partial charge in [-0.1, -0.05) is 0 Å². The molecule has 6 aliphatic rings. The largest absolute Gasteiger partial charge is 0.342 e. The maximum Gasteiger partial charge on any atom is 0.228 e. The van der Waals surface area contributed by atoms with E-state index >= 15 is 0 Å². The van der Waals surface area contributed by atoms with Gasteiger partial charge < -0.3 is 10.2 Å². The number of nitrogens with zero attached hydrogens (tertiary/aromatic N) is 4. The van der Waals surface area contributed by atoms with Crippen LogP contribution >= 0.6 is 0 Å². The average Bonchev–Trinajstić information content (AvgIpc) is 3.32. The molecule has 4 bridgehead atoms. The second kappa shape index (κ2) is 5.56. The van der Waals surface area contributed by atoms with E-state index in [-0.39, 0.29) is 11.0 Å². The molecule has 1 N–H and O–H groups in total. The number of nitrogens with one attached hydrogen (secondary N) is 1. The number of hydrogen-bond acceptors (Lipinski definition) is 4. The quantitative estimate of drug-likeness (QED) is 0.868. The maximum absolute atomic E-state index is 13.9. The van der Waals surface area contributed by atoms with Crippen molar-refractivity contribution >= 4 is 5.91 Å². The highest BCUT2D eigenvalue weighted by molar-refractivity contribution is 5.84. The van der Waals surface area contributed by atoms with Gasteiger partial charge in [-0.2, -0.15) is 5.10 Å². The van der Waals surface area contributed by atoms with Gasteiger partial charge in [0, 0.05) is 25.0 Å². The van der Waals surface area contributed by atoms with Crippen molar-refractivity contribution in [3.8, 4) is 0 Å². The van der Waals surface area contributed by atoms with E-state index in [4.69, 9.17) is 0 Å². The van der Waals surface area contributed by atoms with Crippen LogP contribution in [0.15, 0.2) is 12.7 Å². The Hall–Kier alpha value is -1.43. The van der Waals surface area contributed by atoms with Gasteiger partial charge in [0.25, 0.3) is 0 Å². The summed E-state index contributed by atoms with van der Waals surface area (Å²) in [5.74, 6) is 1.85. The summed E-state index contributed by atoms with van der Waals surface area (Å²) in [5, 5.41) is 8.12. The zero-order valence-corrected chi connectivity index (χ0v) is 16.2. The van der Waals surface area contributed by atoms with Crippen LogP contribution in [-0.4, -0.2) is 51.8 Å². The van der Waals surface area contributed by atoms with Gasteiger partial charge >= 0.3 is 0 Å². The minimum Gasteiger partial charge on any atom is -0.342 e. The van der Waals surface area contributed by atoms with Gasteiger partial charge in [-0.05, 0) is 76.2 Å². The lowest BCUT2D eigenvalue weighted by atomic mass is 9.46. The molecule has 4 aliphatic carbocycles. The van der Waals surface area contributed by atoms with E-state index in [0.29, 0.717) is 23.2 Å². The summed E-state index contributed by atoms with van der Waals surface area (Å²) in [7, 11) is 0. The minimum absolute atomic E-state index is 0.0417. The molecule has 6 fully saturated rings. The third-order valence-corrected chi connectivity index (χ3v) is 8.67. The highest BCUT2D eigenvalue weighted by atomic mass is 16.2. The molecule has 2 saturated heterocycles. The van der Waals surface area contributed by atoms with Crippen LogP contribution < -0.4 is 5.32 Å². The van der Waals surface area contributed by atoms with E-state index in [2.05, 4.69) is 25.0 Å². The first-order valence-electron chi connectivity index (χ1n) is 11.0. The smallest absolute Gasteiger partial charge is 0.228 e. The number of carbonyl (C=O) groups excluding carboxylic acids is 1. The Morgan fingerprint density at radius 3 is 2.70 bits per heavy atom. The molecular formula is C21H31N5O. The molecule has 1 aromatic heterocycles. The number of rotatable bonds is 2. The molecule has 3 heterocycles. The van der Waals surface area contributed by atoms with Crippen LogP contribution in [0.4, 0.5) is 0 Å². The summed E-state index contributed by atoms with van der Waals surface area (Å²) in [6.07, 6.45) is 14.2. The number of piperidine rings is 1. The van der Waals surface area contributed by atoms with Gasteiger partial charge in [0.2, 0.25) is 5.91 Å². The first-order chi connectivity index (χ1) is 13.1.